The van der Waals surface area contributed by atoms with Crippen LogP contribution in [0.25, 0.3) is 0 Å². The van der Waals surface area contributed by atoms with Crippen molar-refractivity contribution in [1.29, 1.82) is 0 Å². The third kappa shape index (κ3) is 3.57. The molecule has 1 N–H and O–H groups in total. The van der Waals surface area contributed by atoms with Crippen LogP contribution in [-0.4, -0.2) is 36.1 Å². The zero-order valence-corrected chi connectivity index (χ0v) is 14.3. The highest BCUT2D eigenvalue weighted by molar-refractivity contribution is 5.00. The summed E-state index contributed by atoms with van der Waals surface area (Å²) < 4.78 is 0. The highest BCUT2D eigenvalue weighted by Crippen LogP contribution is 2.40. The molecule has 2 rings (SSSR count). The lowest BCUT2D eigenvalue weighted by atomic mass is 9.69. The first-order valence-corrected chi connectivity index (χ1v) is 9.09. The summed E-state index contributed by atoms with van der Waals surface area (Å²) in [6, 6.07) is 2.31. The van der Waals surface area contributed by atoms with Crippen molar-refractivity contribution in [2.75, 3.05) is 13.1 Å². The van der Waals surface area contributed by atoms with Crippen molar-refractivity contribution in [2.45, 2.75) is 97.2 Å². The summed E-state index contributed by atoms with van der Waals surface area (Å²) in [6.45, 7) is 12.0. The molecule has 2 heteroatoms. The predicted octanol–water partition coefficient (Wildman–Crippen LogP) is 4.20. The molecule has 2 fully saturated rings. The molecule has 3 unspecified atom stereocenters. The second-order valence-corrected chi connectivity index (χ2v) is 7.66. The van der Waals surface area contributed by atoms with E-state index in [0.29, 0.717) is 11.5 Å². The van der Waals surface area contributed by atoms with Gasteiger partial charge in [-0.2, -0.15) is 0 Å². The monoisotopic (exact) mass is 280 g/mol. The van der Waals surface area contributed by atoms with E-state index in [0.717, 1.165) is 18.6 Å². The summed E-state index contributed by atoms with van der Waals surface area (Å²) >= 11 is 0. The maximum atomic E-state index is 3.84. The fourth-order valence-corrected chi connectivity index (χ4v) is 4.70. The highest BCUT2D eigenvalue weighted by Gasteiger charge is 2.42. The van der Waals surface area contributed by atoms with Crippen LogP contribution < -0.4 is 5.32 Å². The van der Waals surface area contributed by atoms with Crippen molar-refractivity contribution in [3.63, 3.8) is 0 Å². The molecule has 0 bridgehead atoms. The minimum absolute atomic E-state index is 0.452. The fourth-order valence-electron chi connectivity index (χ4n) is 4.70. The van der Waals surface area contributed by atoms with E-state index >= 15 is 0 Å². The number of nitrogens with one attached hydrogen (secondary N) is 1. The summed E-state index contributed by atoms with van der Waals surface area (Å²) in [6.07, 6.45) is 11.2. The van der Waals surface area contributed by atoms with Gasteiger partial charge in [-0.25, -0.2) is 0 Å². The van der Waals surface area contributed by atoms with Gasteiger partial charge in [0.1, 0.15) is 0 Å². The van der Waals surface area contributed by atoms with E-state index in [-0.39, 0.29) is 0 Å². The molecule has 1 heterocycles. The molecule has 1 aliphatic heterocycles. The van der Waals surface area contributed by atoms with Gasteiger partial charge in [-0.3, -0.25) is 4.90 Å². The Morgan fingerprint density at radius 3 is 2.60 bits per heavy atom. The summed E-state index contributed by atoms with van der Waals surface area (Å²) in [5.41, 5.74) is 0.452. The topological polar surface area (TPSA) is 15.3 Å². The lowest BCUT2D eigenvalue weighted by Gasteiger charge is -2.52. The zero-order chi connectivity index (χ0) is 14.6. The van der Waals surface area contributed by atoms with E-state index < -0.39 is 0 Å². The molecule has 0 aromatic heterocycles. The fraction of sp³-hybridized carbons (Fsp3) is 1.00. The summed E-state index contributed by atoms with van der Waals surface area (Å²) in [7, 11) is 0. The van der Waals surface area contributed by atoms with Crippen LogP contribution in [0.2, 0.25) is 0 Å². The molecule has 118 valence electrons. The number of nitrogens with zero attached hydrogens (tertiary/aromatic N) is 1. The van der Waals surface area contributed by atoms with Gasteiger partial charge < -0.3 is 5.32 Å². The van der Waals surface area contributed by atoms with Gasteiger partial charge in [-0.15, -0.1) is 0 Å². The Bertz CT molecular complexity index is 285. The minimum Gasteiger partial charge on any atom is -0.312 e. The van der Waals surface area contributed by atoms with Crippen molar-refractivity contribution in [2.24, 2.45) is 5.41 Å². The Labute approximate surface area is 126 Å². The molecular formula is C18H36N2. The maximum absolute atomic E-state index is 3.84. The molecule has 20 heavy (non-hydrogen) atoms. The van der Waals surface area contributed by atoms with Crippen LogP contribution in [-0.2, 0) is 0 Å². The lowest BCUT2D eigenvalue weighted by Crippen LogP contribution is -2.61. The quantitative estimate of drug-likeness (QED) is 0.812. The van der Waals surface area contributed by atoms with Gasteiger partial charge in [0.15, 0.2) is 0 Å². The van der Waals surface area contributed by atoms with Gasteiger partial charge in [-0.05, 0) is 50.6 Å². The van der Waals surface area contributed by atoms with Crippen LogP contribution in [0.4, 0.5) is 0 Å². The standard InChI is InChI=1S/C18H36N2/c1-5-10-15-11-7-8-14-20(15)16-12-9-13-18(3,4)17(16)19-6-2/h15-17,19H,5-14H2,1-4H3. The predicted molar refractivity (Wildman–Crippen MR) is 88.1 cm³/mol. The van der Waals surface area contributed by atoms with Gasteiger partial charge in [0.25, 0.3) is 0 Å². The Hall–Kier alpha value is -0.0800. The molecule has 2 nitrogen and oxygen atoms in total. The van der Waals surface area contributed by atoms with Crippen LogP contribution in [0.15, 0.2) is 0 Å². The van der Waals surface area contributed by atoms with E-state index in [4.69, 9.17) is 0 Å². The number of piperidine rings is 1. The summed E-state index contributed by atoms with van der Waals surface area (Å²) in [5.74, 6) is 0. The molecule has 0 radical (unpaired) electrons. The molecule has 0 spiro atoms. The van der Waals surface area contributed by atoms with E-state index in [9.17, 15) is 0 Å². The minimum atomic E-state index is 0.452. The maximum Gasteiger partial charge on any atom is 0.0274 e. The Morgan fingerprint density at radius 2 is 1.90 bits per heavy atom. The first kappa shape index (κ1) is 16.3. The van der Waals surface area contributed by atoms with Crippen molar-refractivity contribution < 1.29 is 0 Å². The third-order valence-electron chi connectivity index (χ3n) is 5.69. The van der Waals surface area contributed by atoms with Crippen LogP contribution >= 0.6 is 0 Å². The number of likely N-dealkylation sites (tertiary alicyclic amines) is 1. The van der Waals surface area contributed by atoms with Gasteiger partial charge >= 0.3 is 0 Å². The van der Waals surface area contributed by atoms with Crippen LogP contribution in [0.1, 0.15) is 79.1 Å². The second-order valence-electron chi connectivity index (χ2n) is 7.66. The van der Waals surface area contributed by atoms with Gasteiger partial charge in [0, 0.05) is 18.1 Å². The van der Waals surface area contributed by atoms with Gasteiger partial charge in [0.05, 0.1) is 0 Å². The highest BCUT2D eigenvalue weighted by atomic mass is 15.2. The third-order valence-corrected chi connectivity index (χ3v) is 5.69. The number of likely N-dealkylation sites (N-methyl/N-ethyl adjacent to an activating group) is 1. The average molecular weight is 281 g/mol. The first-order valence-electron chi connectivity index (χ1n) is 9.09. The molecule has 0 aromatic carbocycles. The van der Waals surface area contributed by atoms with E-state index in [1.165, 1.54) is 57.9 Å². The van der Waals surface area contributed by atoms with Crippen molar-refractivity contribution in [1.82, 2.24) is 10.2 Å². The number of hydrogen-bond acceptors (Lipinski definition) is 2. The molecule has 0 aromatic rings. The Balaban J connectivity index is 2.13. The van der Waals surface area contributed by atoms with Crippen LogP contribution in [0, 0.1) is 5.41 Å². The molecular weight excluding hydrogens is 244 g/mol. The smallest absolute Gasteiger partial charge is 0.0274 e. The Kier molecular flexibility index (Phi) is 5.92. The van der Waals surface area contributed by atoms with Crippen molar-refractivity contribution in [3.05, 3.63) is 0 Å². The molecule has 1 saturated heterocycles. The summed E-state index contributed by atoms with van der Waals surface area (Å²) in [5, 5.41) is 3.84. The lowest BCUT2D eigenvalue weighted by molar-refractivity contribution is 0.00492. The average Bonchev–Trinajstić information content (AvgIpc) is 2.42. The van der Waals surface area contributed by atoms with E-state index in [1.54, 1.807) is 0 Å². The normalized spacial score (nSPS) is 35.1. The molecule has 2 aliphatic rings. The molecule has 0 amide bonds. The zero-order valence-electron chi connectivity index (χ0n) is 14.3. The largest absolute Gasteiger partial charge is 0.312 e. The van der Waals surface area contributed by atoms with Gasteiger partial charge in [-0.1, -0.05) is 47.0 Å². The molecule has 1 saturated carbocycles. The van der Waals surface area contributed by atoms with Crippen LogP contribution in [0.3, 0.4) is 0 Å². The van der Waals surface area contributed by atoms with E-state index in [1.807, 2.05) is 0 Å². The van der Waals surface area contributed by atoms with Gasteiger partial charge in [0.2, 0.25) is 0 Å². The second kappa shape index (κ2) is 7.26. The molecule has 1 aliphatic carbocycles. The first-order chi connectivity index (χ1) is 9.60. The Morgan fingerprint density at radius 1 is 1.10 bits per heavy atom. The SMILES string of the molecule is CCCC1CCCCN1C1CCCC(C)(C)C1NCC. The summed E-state index contributed by atoms with van der Waals surface area (Å²) in [4.78, 5) is 2.90. The van der Waals surface area contributed by atoms with Crippen molar-refractivity contribution >= 4 is 0 Å². The molecule has 3 atom stereocenters. The number of hydrogen-bond donors (Lipinski definition) is 1. The number of rotatable bonds is 5. The van der Waals surface area contributed by atoms with Crippen molar-refractivity contribution in [3.8, 4) is 0 Å². The van der Waals surface area contributed by atoms with Crippen LogP contribution in [0.5, 0.6) is 0 Å². The van der Waals surface area contributed by atoms with E-state index in [2.05, 4.69) is 37.9 Å².